The van der Waals surface area contributed by atoms with Gasteiger partial charge in [-0.1, -0.05) is 0 Å². The number of hydrogen-bond donors (Lipinski definition) is 5. The van der Waals surface area contributed by atoms with Crippen LogP contribution < -0.4 is 22.5 Å². The maximum absolute atomic E-state index is 10.5. The van der Waals surface area contributed by atoms with E-state index >= 15 is 0 Å². The van der Waals surface area contributed by atoms with Crippen molar-refractivity contribution in [3.63, 3.8) is 0 Å². The summed E-state index contributed by atoms with van der Waals surface area (Å²) in [5.41, 5.74) is 15.3. The quantitative estimate of drug-likeness (QED) is 0.285. The van der Waals surface area contributed by atoms with Crippen molar-refractivity contribution in [1.82, 2.24) is 5.32 Å². The first-order chi connectivity index (χ1) is 5.97. The first-order valence-electron chi connectivity index (χ1n) is 3.70. The number of amides is 1. The van der Waals surface area contributed by atoms with Crippen LogP contribution in [0.5, 0.6) is 0 Å². The molecule has 7 nitrogen and oxygen atoms in total. The number of nitrogens with one attached hydrogen (secondary N) is 1. The number of carbonyl (C=O) groups is 2. The molecule has 0 heterocycles. The third-order valence-electron chi connectivity index (χ3n) is 1.37. The second kappa shape index (κ2) is 5.46. The Hall–Kier alpha value is -1.18. The molecule has 0 aliphatic heterocycles. The zero-order valence-electron chi connectivity index (χ0n) is 7.06. The van der Waals surface area contributed by atoms with Gasteiger partial charge in [-0.05, 0) is 0 Å². The molecule has 0 bridgehead atoms. The highest BCUT2D eigenvalue weighted by molar-refractivity contribution is 5.83. The highest BCUT2D eigenvalue weighted by Crippen LogP contribution is 1.91. The van der Waals surface area contributed by atoms with Gasteiger partial charge < -0.3 is 22.3 Å². The van der Waals surface area contributed by atoms with Crippen LogP contribution in [0.1, 0.15) is 6.42 Å². The standard InChI is InChI=1S/C6H14N4O3/c7-2-4(8)10-3(6(12)13)1-5(9)11/h3-4,10H,1-2,7-8H2,(H2,9,11)(H,12,13)/t3-,4?/m0/s1. The lowest BCUT2D eigenvalue weighted by atomic mass is 10.2. The van der Waals surface area contributed by atoms with Crippen molar-refractivity contribution in [3.05, 3.63) is 0 Å². The molecule has 0 aromatic carbocycles. The molecule has 0 fully saturated rings. The maximum atomic E-state index is 10.5. The minimum atomic E-state index is -1.18. The van der Waals surface area contributed by atoms with Crippen LogP contribution in [0.2, 0.25) is 0 Å². The first-order valence-corrected chi connectivity index (χ1v) is 3.70. The van der Waals surface area contributed by atoms with E-state index in [2.05, 4.69) is 5.32 Å². The number of aliphatic carboxylic acids is 1. The van der Waals surface area contributed by atoms with Crippen molar-refractivity contribution >= 4 is 11.9 Å². The third kappa shape index (κ3) is 5.12. The number of carboxylic acid groups (broad SMARTS) is 1. The van der Waals surface area contributed by atoms with Crippen molar-refractivity contribution in [2.45, 2.75) is 18.6 Å². The van der Waals surface area contributed by atoms with E-state index in [0.29, 0.717) is 0 Å². The Kier molecular flexibility index (Phi) is 4.97. The highest BCUT2D eigenvalue weighted by Gasteiger charge is 2.20. The zero-order chi connectivity index (χ0) is 10.4. The van der Waals surface area contributed by atoms with E-state index in [9.17, 15) is 9.59 Å². The lowest BCUT2D eigenvalue weighted by Gasteiger charge is -2.17. The lowest BCUT2D eigenvalue weighted by Crippen LogP contribution is -2.52. The van der Waals surface area contributed by atoms with Gasteiger partial charge in [0.05, 0.1) is 12.6 Å². The fourth-order valence-electron chi connectivity index (χ4n) is 0.745. The number of hydrogen-bond acceptors (Lipinski definition) is 5. The zero-order valence-corrected chi connectivity index (χ0v) is 7.06. The van der Waals surface area contributed by atoms with E-state index in [0.717, 1.165) is 0 Å². The van der Waals surface area contributed by atoms with E-state index in [-0.39, 0.29) is 13.0 Å². The summed E-state index contributed by atoms with van der Waals surface area (Å²) in [5, 5.41) is 11.0. The molecule has 13 heavy (non-hydrogen) atoms. The second-order valence-electron chi connectivity index (χ2n) is 2.57. The summed E-state index contributed by atoms with van der Waals surface area (Å²) in [4.78, 5) is 21.0. The number of carbonyl (C=O) groups excluding carboxylic acids is 1. The lowest BCUT2D eigenvalue weighted by molar-refractivity contribution is -0.141. The normalized spacial score (nSPS) is 14.9. The van der Waals surface area contributed by atoms with Gasteiger partial charge in [-0.15, -0.1) is 0 Å². The van der Waals surface area contributed by atoms with Crippen molar-refractivity contribution in [1.29, 1.82) is 0 Å². The molecule has 0 aliphatic carbocycles. The van der Waals surface area contributed by atoms with Gasteiger partial charge in [0.15, 0.2) is 0 Å². The molecule has 8 N–H and O–H groups in total. The van der Waals surface area contributed by atoms with E-state index < -0.39 is 24.1 Å². The minimum Gasteiger partial charge on any atom is -0.480 e. The Bertz CT molecular complexity index is 196. The van der Waals surface area contributed by atoms with Gasteiger partial charge in [0.2, 0.25) is 5.91 Å². The summed E-state index contributed by atoms with van der Waals surface area (Å²) >= 11 is 0. The SMILES string of the molecule is NCC(N)N[C@@H](CC(N)=O)C(=O)O. The Morgan fingerprint density at radius 3 is 2.31 bits per heavy atom. The number of primary amides is 1. The summed E-state index contributed by atoms with van der Waals surface area (Å²) < 4.78 is 0. The molecule has 0 aromatic rings. The van der Waals surface area contributed by atoms with Crippen LogP contribution >= 0.6 is 0 Å². The molecule has 76 valence electrons. The number of nitrogens with two attached hydrogens (primary N) is 3. The minimum absolute atomic E-state index is 0.0859. The van der Waals surface area contributed by atoms with Gasteiger partial charge in [-0.25, -0.2) is 0 Å². The van der Waals surface area contributed by atoms with Gasteiger partial charge in [0.1, 0.15) is 6.04 Å². The van der Waals surface area contributed by atoms with Crippen LogP contribution in [-0.4, -0.2) is 35.7 Å². The highest BCUT2D eigenvalue weighted by atomic mass is 16.4. The van der Waals surface area contributed by atoms with Crippen molar-refractivity contribution in [2.75, 3.05) is 6.54 Å². The van der Waals surface area contributed by atoms with Gasteiger partial charge in [-0.2, -0.15) is 0 Å². The molecule has 0 aromatic heterocycles. The molecular formula is C6H14N4O3. The molecular weight excluding hydrogens is 176 g/mol. The van der Waals surface area contributed by atoms with Crippen LogP contribution in [0.3, 0.4) is 0 Å². The van der Waals surface area contributed by atoms with Gasteiger partial charge in [-0.3, -0.25) is 14.9 Å². The Balaban J connectivity index is 4.10. The average Bonchev–Trinajstić information content (AvgIpc) is 2.02. The molecule has 7 heteroatoms. The summed E-state index contributed by atoms with van der Waals surface area (Å²) in [6.07, 6.45) is -0.955. The molecule has 1 amide bonds. The Labute approximate surface area is 75.3 Å². The van der Waals surface area contributed by atoms with Crippen LogP contribution in [0.15, 0.2) is 0 Å². The fraction of sp³-hybridized carbons (Fsp3) is 0.667. The molecule has 0 rings (SSSR count). The number of rotatable bonds is 6. The predicted molar refractivity (Wildman–Crippen MR) is 45.4 cm³/mol. The monoisotopic (exact) mass is 190 g/mol. The fourth-order valence-corrected chi connectivity index (χ4v) is 0.745. The molecule has 0 saturated carbocycles. The van der Waals surface area contributed by atoms with E-state index in [1.165, 1.54) is 0 Å². The van der Waals surface area contributed by atoms with Gasteiger partial charge in [0, 0.05) is 6.54 Å². The molecule has 1 unspecified atom stereocenters. The smallest absolute Gasteiger partial charge is 0.321 e. The maximum Gasteiger partial charge on any atom is 0.321 e. The summed E-state index contributed by atoms with van der Waals surface area (Å²) in [7, 11) is 0. The van der Waals surface area contributed by atoms with E-state index in [1.54, 1.807) is 0 Å². The van der Waals surface area contributed by atoms with Crippen molar-refractivity contribution < 1.29 is 14.7 Å². The molecule has 0 spiro atoms. The molecule has 0 saturated heterocycles. The summed E-state index contributed by atoms with van der Waals surface area (Å²) in [6.45, 7) is 0.0859. The summed E-state index contributed by atoms with van der Waals surface area (Å²) in [5.74, 6) is -1.88. The molecule has 0 aliphatic rings. The topological polar surface area (TPSA) is 144 Å². The van der Waals surface area contributed by atoms with Crippen molar-refractivity contribution in [3.8, 4) is 0 Å². The van der Waals surface area contributed by atoms with E-state index in [4.69, 9.17) is 22.3 Å². The van der Waals surface area contributed by atoms with Crippen LogP contribution in [-0.2, 0) is 9.59 Å². The Morgan fingerprint density at radius 1 is 1.46 bits per heavy atom. The van der Waals surface area contributed by atoms with Crippen molar-refractivity contribution in [2.24, 2.45) is 17.2 Å². The predicted octanol–water partition coefficient (Wildman–Crippen LogP) is -2.85. The van der Waals surface area contributed by atoms with Gasteiger partial charge >= 0.3 is 5.97 Å². The third-order valence-corrected chi connectivity index (χ3v) is 1.37. The van der Waals surface area contributed by atoms with E-state index in [1.807, 2.05) is 0 Å². The first kappa shape index (κ1) is 11.8. The molecule has 2 atom stereocenters. The van der Waals surface area contributed by atoms with Crippen LogP contribution in [0, 0.1) is 0 Å². The van der Waals surface area contributed by atoms with Gasteiger partial charge in [0.25, 0.3) is 0 Å². The molecule has 0 radical (unpaired) electrons. The Morgan fingerprint density at radius 2 is 2.00 bits per heavy atom. The number of carboxylic acids is 1. The largest absolute Gasteiger partial charge is 0.480 e. The second-order valence-corrected chi connectivity index (χ2v) is 2.57. The van der Waals surface area contributed by atoms with Crippen LogP contribution in [0.4, 0.5) is 0 Å². The van der Waals surface area contributed by atoms with Crippen LogP contribution in [0.25, 0.3) is 0 Å². The average molecular weight is 190 g/mol. The summed E-state index contributed by atoms with van der Waals surface area (Å²) in [6, 6.07) is -1.07.